The van der Waals surface area contributed by atoms with E-state index in [0.29, 0.717) is 17.9 Å². The molecule has 0 saturated heterocycles. The molecule has 0 fully saturated rings. The Bertz CT molecular complexity index is 526. The monoisotopic (exact) mass is 272 g/mol. The first-order valence-electron chi connectivity index (χ1n) is 5.78. The maximum absolute atomic E-state index is 12.2. The molecule has 0 saturated carbocycles. The van der Waals surface area contributed by atoms with Crippen LogP contribution in [-0.2, 0) is 10.0 Å². The molecule has 18 heavy (non-hydrogen) atoms. The zero-order valence-corrected chi connectivity index (χ0v) is 12.0. The van der Waals surface area contributed by atoms with Gasteiger partial charge in [0.15, 0.2) is 0 Å². The third-order valence-electron chi connectivity index (χ3n) is 2.81. The van der Waals surface area contributed by atoms with Gasteiger partial charge in [0, 0.05) is 11.7 Å². The maximum Gasteiger partial charge on any atom is 0.244 e. The molecule has 1 rings (SSSR count). The van der Waals surface area contributed by atoms with E-state index in [4.69, 9.17) is 10.5 Å². The van der Waals surface area contributed by atoms with Crippen molar-refractivity contribution in [2.24, 2.45) is 0 Å². The number of benzene rings is 1. The van der Waals surface area contributed by atoms with Crippen molar-refractivity contribution in [3.05, 3.63) is 17.7 Å². The summed E-state index contributed by atoms with van der Waals surface area (Å²) in [4.78, 5) is 0.0772. The van der Waals surface area contributed by atoms with Gasteiger partial charge >= 0.3 is 0 Å². The Labute approximate surface area is 108 Å². The molecule has 0 radical (unpaired) electrons. The first-order valence-corrected chi connectivity index (χ1v) is 7.26. The lowest BCUT2D eigenvalue weighted by atomic mass is 10.2. The van der Waals surface area contributed by atoms with Crippen molar-refractivity contribution >= 4 is 15.7 Å². The van der Waals surface area contributed by atoms with Gasteiger partial charge in [-0.1, -0.05) is 6.92 Å². The minimum atomic E-state index is -3.61. The van der Waals surface area contributed by atoms with Crippen LogP contribution in [-0.4, -0.2) is 21.6 Å². The van der Waals surface area contributed by atoms with Crippen molar-refractivity contribution < 1.29 is 13.2 Å². The number of nitrogens with two attached hydrogens (primary N) is 1. The van der Waals surface area contributed by atoms with E-state index in [9.17, 15) is 8.42 Å². The van der Waals surface area contributed by atoms with Gasteiger partial charge in [0.2, 0.25) is 10.0 Å². The Kier molecular flexibility index (Phi) is 4.59. The molecule has 0 spiro atoms. The van der Waals surface area contributed by atoms with E-state index >= 15 is 0 Å². The van der Waals surface area contributed by atoms with Crippen LogP contribution in [0.5, 0.6) is 5.75 Å². The van der Waals surface area contributed by atoms with Gasteiger partial charge in [-0.25, -0.2) is 13.1 Å². The van der Waals surface area contributed by atoms with E-state index in [1.165, 1.54) is 13.2 Å². The van der Waals surface area contributed by atoms with E-state index in [0.717, 1.165) is 5.56 Å². The molecular formula is C12H20N2O3S. The Morgan fingerprint density at radius 2 is 2.06 bits per heavy atom. The summed E-state index contributed by atoms with van der Waals surface area (Å²) in [5.41, 5.74) is 6.97. The number of anilines is 1. The van der Waals surface area contributed by atoms with Gasteiger partial charge in [0.05, 0.1) is 7.11 Å². The molecule has 0 aromatic heterocycles. The quantitative estimate of drug-likeness (QED) is 0.799. The summed E-state index contributed by atoms with van der Waals surface area (Å²) in [7, 11) is -2.17. The smallest absolute Gasteiger partial charge is 0.244 e. The van der Waals surface area contributed by atoms with Gasteiger partial charge in [-0.05, 0) is 38.0 Å². The Hall–Kier alpha value is -1.27. The molecule has 0 aliphatic carbocycles. The number of sulfonamides is 1. The van der Waals surface area contributed by atoms with E-state index in [2.05, 4.69) is 4.72 Å². The zero-order valence-electron chi connectivity index (χ0n) is 11.1. The summed E-state index contributed by atoms with van der Waals surface area (Å²) in [6.07, 6.45) is 0.711. The lowest BCUT2D eigenvalue weighted by Gasteiger charge is -2.15. The topological polar surface area (TPSA) is 81.4 Å². The lowest BCUT2D eigenvalue weighted by molar-refractivity contribution is 0.402. The summed E-state index contributed by atoms with van der Waals surface area (Å²) < 4.78 is 32.1. The third kappa shape index (κ3) is 3.14. The maximum atomic E-state index is 12.2. The predicted octanol–water partition coefficient (Wildman–Crippen LogP) is 1.66. The standard InChI is InChI=1S/C12H20N2O3S/c1-5-9(3)14-18(15,16)12-7-10(13)8(2)6-11(12)17-4/h6-7,9,14H,5,13H2,1-4H3. The highest BCUT2D eigenvalue weighted by atomic mass is 32.2. The minimum Gasteiger partial charge on any atom is -0.495 e. The van der Waals surface area contributed by atoms with Crippen LogP contribution in [0, 0.1) is 6.92 Å². The van der Waals surface area contributed by atoms with Crippen LogP contribution in [0.4, 0.5) is 5.69 Å². The lowest BCUT2D eigenvalue weighted by Crippen LogP contribution is -2.32. The second-order valence-corrected chi connectivity index (χ2v) is 5.97. The van der Waals surface area contributed by atoms with Crippen LogP contribution in [0.2, 0.25) is 0 Å². The molecular weight excluding hydrogens is 252 g/mol. The van der Waals surface area contributed by atoms with Gasteiger partial charge in [-0.15, -0.1) is 0 Å². The van der Waals surface area contributed by atoms with Crippen molar-refractivity contribution in [1.82, 2.24) is 4.72 Å². The summed E-state index contributed by atoms with van der Waals surface area (Å²) in [6, 6.07) is 2.92. The third-order valence-corrected chi connectivity index (χ3v) is 4.42. The zero-order chi connectivity index (χ0) is 13.9. The number of nitrogen functional groups attached to an aromatic ring is 1. The van der Waals surface area contributed by atoms with E-state index in [1.54, 1.807) is 13.0 Å². The van der Waals surface area contributed by atoms with Crippen molar-refractivity contribution in [3.63, 3.8) is 0 Å². The SMILES string of the molecule is CCC(C)NS(=O)(=O)c1cc(N)c(C)cc1OC. The van der Waals surface area contributed by atoms with Crippen LogP contribution in [0.25, 0.3) is 0 Å². The predicted molar refractivity (Wildman–Crippen MR) is 72.2 cm³/mol. The largest absolute Gasteiger partial charge is 0.495 e. The number of hydrogen-bond acceptors (Lipinski definition) is 4. The number of methoxy groups -OCH3 is 1. The first-order chi connectivity index (χ1) is 8.31. The fourth-order valence-corrected chi connectivity index (χ4v) is 2.97. The molecule has 1 aromatic rings. The Balaban J connectivity index is 3.27. The fourth-order valence-electron chi connectivity index (χ4n) is 1.46. The minimum absolute atomic E-state index is 0.0772. The second kappa shape index (κ2) is 5.58. The average molecular weight is 272 g/mol. The van der Waals surface area contributed by atoms with Gasteiger partial charge in [-0.3, -0.25) is 0 Å². The molecule has 0 aliphatic heterocycles. The van der Waals surface area contributed by atoms with E-state index in [1.807, 2.05) is 13.8 Å². The van der Waals surface area contributed by atoms with Crippen LogP contribution in [0.15, 0.2) is 17.0 Å². The highest BCUT2D eigenvalue weighted by Crippen LogP contribution is 2.28. The van der Waals surface area contributed by atoms with Crippen LogP contribution < -0.4 is 15.2 Å². The molecule has 0 amide bonds. The molecule has 0 aliphatic rings. The van der Waals surface area contributed by atoms with E-state index < -0.39 is 10.0 Å². The van der Waals surface area contributed by atoms with Gasteiger partial charge < -0.3 is 10.5 Å². The molecule has 6 heteroatoms. The number of nitrogens with one attached hydrogen (secondary N) is 1. The molecule has 102 valence electrons. The first kappa shape index (κ1) is 14.8. The summed E-state index contributed by atoms with van der Waals surface area (Å²) >= 11 is 0. The van der Waals surface area contributed by atoms with Gasteiger partial charge in [-0.2, -0.15) is 0 Å². The van der Waals surface area contributed by atoms with Crippen molar-refractivity contribution in [1.29, 1.82) is 0 Å². The van der Waals surface area contributed by atoms with Crippen molar-refractivity contribution in [2.45, 2.75) is 38.1 Å². The van der Waals surface area contributed by atoms with Gasteiger partial charge in [0.1, 0.15) is 10.6 Å². The van der Waals surface area contributed by atoms with Crippen LogP contribution in [0.1, 0.15) is 25.8 Å². The molecule has 1 aromatic carbocycles. The fraction of sp³-hybridized carbons (Fsp3) is 0.500. The number of rotatable bonds is 5. The molecule has 1 atom stereocenters. The molecule has 3 N–H and O–H groups in total. The summed E-state index contributed by atoms with van der Waals surface area (Å²) in [5.74, 6) is 0.303. The summed E-state index contributed by atoms with van der Waals surface area (Å²) in [5, 5.41) is 0. The normalized spacial score (nSPS) is 13.3. The van der Waals surface area contributed by atoms with Crippen molar-refractivity contribution in [3.8, 4) is 5.75 Å². The highest BCUT2D eigenvalue weighted by Gasteiger charge is 2.22. The Morgan fingerprint density at radius 1 is 1.44 bits per heavy atom. The molecule has 0 heterocycles. The number of aryl methyl sites for hydroxylation is 1. The number of ether oxygens (including phenoxy) is 1. The van der Waals surface area contributed by atoms with Crippen LogP contribution >= 0.6 is 0 Å². The van der Waals surface area contributed by atoms with Crippen LogP contribution in [0.3, 0.4) is 0 Å². The molecule has 0 bridgehead atoms. The van der Waals surface area contributed by atoms with E-state index in [-0.39, 0.29) is 10.9 Å². The highest BCUT2D eigenvalue weighted by molar-refractivity contribution is 7.89. The Morgan fingerprint density at radius 3 is 2.56 bits per heavy atom. The molecule has 5 nitrogen and oxygen atoms in total. The second-order valence-electron chi connectivity index (χ2n) is 4.29. The van der Waals surface area contributed by atoms with Gasteiger partial charge in [0.25, 0.3) is 0 Å². The number of hydrogen-bond donors (Lipinski definition) is 2. The van der Waals surface area contributed by atoms with Crippen molar-refractivity contribution in [2.75, 3.05) is 12.8 Å². The summed E-state index contributed by atoms with van der Waals surface area (Å²) in [6.45, 7) is 5.52. The molecule has 1 unspecified atom stereocenters. The average Bonchev–Trinajstić information content (AvgIpc) is 2.31.